The second kappa shape index (κ2) is 6.71. The quantitative estimate of drug-likeness (QED) is 0.739. The summed E-state index contributed by atoms with van der Waals surface area (Å²) in [5.41, 5.74) is 7.38. The highest BCUT2D eigenvalue weighted by atomic mass is 32.2. The molecule has 1 amide bonds. The van der Waals surface area contributed by atoms with Crippen molar-refractivity contribution >= 4 is 27.3 Å². The second-order valence-electron chi connectivity index (χ2n) is 4.97. The van der Waals surface area contributed by atoms with Gasteiger partial charge in [0.05, 0.1) is 11.9 Å². The molecule has 6 nitrogen and oxygen atoms in total. The third-order valence-corrected chi connectivity index (χ3v) is 3.23. The number of rotatable bonds is 6. The maximum absolute atomic E-state index is 11.7. The normalized spacial score (nSPS) is 12.8. The Hall–Kier alpha value is -1.60. The maximum atomic E-state index is 11.7. The molecule has 1 aromatic rings. The Labute approximate surface area is 119 Å². The molecule has 0 saturated carbocycles. The van der Waals surface area contributed by atoms with E-state index in [0.29, 0.717) is 24.2 Å². The van der Waals surface area contributed by atoms with Crippen LogP contribution in [0.5, 0.6) is 0 Å². The van der Waals surface area contributed by atoms with E-state index < -0.39 is 10.0 Å². The third kappa shape index (κ3) is 6.03. The second-order valence-corrected chi connectivity index (χ2v) is 6.72. The summed E-state index contributed by atoms with van der Waals surface area (Å²) in [6.07, 6.45) is 2.02. The lowest BCUT2D eigenvalue weighted by Gasteiger charge is -2.11. The first kappa shape index (κ1) is 16.5. The predicted molar refractivity (Wildman–Crippen MR) is 81.2 cm³/mol. The van der Waals surface area contributed by atoms with Gasteiger partial charge >= 0.3 is 0 Å². The topological polar surface area (TPSA) is 101 Å². The van der Waals surface area contributed by atoms with Gasteiger partial charge in [-0.05, 0) is 38.0 Å². The summed E-state index contributed by atoms with van der Waals surface area (Å²) < 4.78 is 24.9. The SMILES string of the molecule is Cc1ccc(NC(=O)CCC(C)N)cc1NS(C)(=O)=O. The Kier molecular flexibility index (Phi) is 5.52. The van der Waals surface area contributed by atoms with E-state index in [9.17, 15) is 13.2 Å². The summed E-state index contributed by atoms with van der Waals surface area (Å²) in [5, 5.41) is 2.72. The van der Waals surface area contributed by atoms with Gasteiger partial charge in [0.25, 0.3) is 0 Å². The Balaban J connectivity index is 2.77. The molecule has 0 bridgehead atoms. The third-order valence-electron chi connectivity index (χ3n) is 2.64. The number of nitrogens with two attached hydrogens (primary N) is 1. The molecule has 1 unspecified atom stereocenters. The highest BCUT2D eigenvalue weighted by Gasteiger charge is 2.08. The van der Waals surface area contributed by atoms with Gasteiger partial charge in [-0.3, -0.25) is 9.52 Å². The van der Waals surface area contributed by atoms with Gasteiger partial charge in [-0.1, -0.05) is 6.07 Å². The Morgan fingerprint density at radius 3 is 2.60 bits per heavy atom. The molecule has 0 aliphatic heterocycles. The lowest BCUT2D eigenvalue weighted by atomic mass is 10.1. The molecule has 0 aliphatic carbocycles. The zero-order valence-corrected chi connectivity index (χ0v) is 12.8. The first-order valence-electron chi connectivity index (χ1n) is 6.31. The predicted octanol–water partition coefficient (Wildman–Crippen LogP) is 1.43. The monoisotopic (exact) mass is 299 g/mol. The fourth-order valence-electron chi connectivity index (χ4n) is 1.59. The molecule has 0 saturated heterocycles. The van der Waals surface area contributed by atoms with Crippen LogP contribution in [0.15, 0.2) is 18.2 Å². The summed E-state index contributed by atoms with van der Waals surface area (Å²) >= 11 is 0. The van der Waals surface area contributed by atoms with Crippen LogP contribution in [-0.4, -0.2) is 26.6 Å². The number of hydrogen-bond acceptors (Lipinski definition) is 4. The number of carbonyl (C=O) groups is 1. The van der Waals surface area contributed by atoms with Gasteiger partial charge in [-0.15, -0.1) is 0 Å². The van der Waals surface area contributed by atoms with Crippen LogP contribution in [0.1, 0.15) is 25.3 Å². The first-order chi connectivity index (χ1) is 9.17. The molecule has 1 aromatic carbocycles. The van der Waals surface area contributed by atoms with Crippen molar-refractivity contribution in [3.8, 4) is 0 Å². The maximum Gasteiger partial charge on any atom is 0.229 e. The smallest absolute Gasteiger partial charge is 0.229 e. The van der Waals surface area contributed by atoms with Gasteiger partial charge in [0.15, 0.2) is 0 Å². The van der Waals surface area contributed by atoms with E-state index in [1.165, 1.54) is 0 Å². The number of benzene rings is 1. The Morgan fingerprint density at radius 2 is 2.05 bits per heavy atom. The van der Waals surface area contributed by atoms with Gasteiger partial charge in [-0.25, -0.2) is 8.42 Å². The number of sulfonamides is 1. The molecule has 0 spiro atoms. The standard InChI is InChI=1S/C13H21N3O3S/c1-9-4-6-11(8-12(9)16-20(3,18)19)15-13(17)7-5-10(2)14/h4,6,8,10,16H,5,7,14H2,1-3H3,(H,15,17). The van der Waals surface area contributed by atoms with Crippen molar-refractivity contribution in [1.29, 1.82) is 0 Å². The van der Waals surface area contributed by atoms with Gasteiger partial charge in [0.1, 0.15) is 0 Å². The molecule has 0 aliphatic rings. The van der Waals surface area contributed by atoms with Gasteiger partial charge in [0.2, 0.25) is 15.9 Å². The molecule has 7 heteroatoms. The van der Waals surface area contributed by atoms with Crippen molar-refractivity contribution in [3.05, 3.63) is 23.8 Å². The number of anilines is 2. The molecule has 0 fully saturated rings. The van der Waals surface area contributed by atoms with Gasteiger partial charge in [0, 0.05) is 18.2 Å². The fourth-order valence-corrected chi connectivity index (χ4v) is 2.21. The molecular weight excluding hydrogens is 278 g/mol. The van der Waals surface area contributed by atoms with Crippen LogP contribution in [0.3, 0.4) is 0 Å². The van der Waals surface area contributed by atoms with Crippen molar-refractivity contribution in [2.75, 3.05) is 16.3 Å². The summed E-state index contributed by atoms with van der Waals surface area (Å²) in [5.74, 6) is -0.142. The largest absolute Gasteiger partial charge is 0.328 e. The zero-order valence-electron chi connectivity index (χ0n) is 11.9. The van der Waals surface area contributed by atoms with E-state index in [4.69, 9.17) is 5.73 Å². The van der Waals surface area contributed by atoms with E-state index in [0.717, 1.165) is 11.8 Å². The minimum Gasteiger partial charge on any atom is -0.328 e. The molecule has 0 aromatic heterocycles. The van der Waals surface area contributed by atoms with Crippen LogP contribution in [0.2, 0.25) is 0 Å². The van der Waals surface area contributed by atoms with Crippen LogP contribution in [-0.2, 0) is 14.8 Å². The van der Waals surface area contributed by atoms with E-state index in [2.05, 4.69) is 10.0 Å². The number of amides is 1. The van der Waals surface area contributed by atoms with Crippen LogP contribution >= 0.6 is 0 Å². The summed E-state index contributed by atoms with van der Waals surface area (Å²) in [7, 11) is -3.35. The van der Waals surface area contributed by atoms with Crippen molar-refractivity contribution in [2.45, 2.75) is 32.7 Å². The van der Waals surface area contributed by atoms with E-state index in [1.807, 2.05) is 6.92 Å². The molecule has 0 radical (unpaired) electrons. The number of aryl methyl sites for hydroxylation is 1. The molecule has 112 valence electrons. The lowest BCUT2D eigenvalue weighted by Crippen LogP contribution is -2.19. The minimum atomic E-state index is -3.35. The lowest BCUT2D eigenvalue weighted by molar-refractivity contribution is -0.116. The zero-order chi connectivity index (χ0) is 15.3. The number of hydrogen-bond donors (Lipinski definition) is 3. The summed E-state index contributed by atoms with van der Waals surface area (Å²) in [4.78, 5) is 11.7. The molecule has 20 heavy (non-hydrogen) atoms. The van der Waals surface area contributed by atoms with Crippen LogP contribution in [0.4, 0.5) is 11.4 Å². The highest BCUT2D eigenvalue weighted by Crippen LogP contribution is 2.21. The fraction of sp³-hybridized carbons (Fsp3) is 0.462. The molecule has 0 heterocycles. The Bertz CT molecular complexity index is 583. The summed E-state index contributed by atoms with van der Waals surface area (Å²) in [6, 6.07) is 5.04. The summed E-state index contributed by atoms with van der Waals surface area (Å²) in [6.45, 7) is 3.63. The number of carbonyl (C=O) groups excluding carboxylic acids is 1. The van der Waals surface area contributed by atoms with Gasteiger partial charge in [-0.2, -0.15) is 0 Å². The molecule has 1 atom stereocenters. The van der Waals surface area contributed by atoms with Gasteiger partial charge < -0.3 is 11.1 Å². The van der Waals surface area contributed by atoms with E-state index in [1.54, 1.807) is 25.1 Å². The highest BCUT2D eigenvalue weighted by molar-refractivity contribution is 7.92. The minimum absolute atomic E-state index is 0.0266. The average molecular weight is 299 g/mol. The average Bonchev–Trinajstić information content (AvgIpc) is 2.29. The van der Waals surface area contributed by atoms with Crippen LogP contribution < -0.4 is 15.8 Å². The first-order valence-corrected chi connectivity index (χ1v) is 8.20. The van der Waals surface area contributed by atoms with Crippen molar-refractivity contribution < 1.29 is 13.2 Å². The van der Waals surface area contributed by atoms with Crippen molar-refractivity contribution in [2.24, 2.45) is 5.73 Å². The van der Waals surface area contributed by atoms with E-state index in [-0.39, 0.29) is 11.9 Å². The van der Waals surface area contributed by atoms with Crippen LogP contribution in [0, 0.1) is 6.92 Å². The van der Waals surface area contributed by atoms with Crippen molar-refractivity contribution in [3.63, 3.8) is 0 Å². The Morgan fingerprint density at radius 1 is 1.40 bits per heavy atom. The van der Waals surface area contributed by atoms with Crippen molar-refractivity contribution in [1.82, 2.24) is 0 Å². The molecule has 1 rings (SSSR count). The molecule has 4 N–H and O–H groups in total. The van der Waals surface area contributed by atoms with Crippen LogP contribution in [0.25, 0.3) is 0 Å². The van der Waals surface area contributed by atoms with E-state index >= 15 is 0 Å². The number of nitrogens with one attached hydrogen (secondary N) is 2. The molecular formula is C13H21N3O3S.